The largest absolute Gasteiger partial charge is 0.394 e. The molecule has 3 aliphatic heterocycles. The van der Waals surface area contributed by atoms with E-state index in [0.717, 1.165) is 19.3 Å². The number of thioether (sulfide) groups is 1. The normalized spacial score (nSPS) is 30.8. The monoisotopic (exact) mass is 625 g/mol. The highest BCUT2D eigenvalue weighted by Gasteiger charge is 2.76. The maximum absolute atomic E-state index is 14.6. The zero-order valence-electron chi connectivity index (χ0n) is 24.4. The van der Waals surface area contributed by atoms with E-state index >= 15 is 0 Å². The number of hydrogen-bond acceptors (Lipinski definition) is 5. The number of halogens is 1. The average Bonchev–Trinajstić information content (AvgIpc) is 3.48. The number of carbonyl (C=O) groups is 3. The third-order valence-corrected chi connectivity index (χ3v) is 11.8. The summed E-state index contributed by atoms with van der Waals surface area (Å²) in [5.74, 6) is -1.17. The molecule has 0 aromatic carbocycles. The van der Waals surface area contributed by atoms with E-state index in [2.05, 4.69) is 56.8 Å². The van der Waals surface area contributed by atoms with Gasteiger partial charge in [0, 0.05) is 35.8 Å². The van der Waals surface area contributed by atoms with Crippen LogP contribution in [0.3, 0.4) is 0 Å². The Bertz CT molecular complexity index is 932. The summed E-state index contributed by atoms with van der Waals surface area (Å²) in [5.41, 5.74) is 0. The number of likely N-dealkylation sites (tertiary alicyclic amines) is 1. The van der Waals surface area contributed by atoms with E-state index in [0.29, 0.717) is 32.5 Å². The van der Waals surface area contributed by atoms with Crippen molar-refractivity contribution in [2.75, 3.05) is 26.2 Å². The van der Waals surface area contributed by atoms with Gasteiger partial charge in [-0.2, -0.15) is 0 Å². The molecule has 0 aliphatic carbocycles. The second kappa shape index (κ2) is 13.6. The Morgan fingerprint density at radius 1 is 1.18 bits per heavy atom. The highest BCUT2D eigenvalue weighted by Crippen LogP contribution is 2.68. The Balaban J connectivity index is 2.15. The number of amides is 3. The lowest BCUT2D eigenvalue weighted by molar-refractivity contribution is -0.148. The number of nitrogens with zero attached hydrogens (tertiary/aromatic N) is 3. The molecule has 3 fully saturated rings. The van der Waals surface area contributed by atoms with Crippen molar-refractivity contribution < 1.29 is 19.5 Å². The van der Waals surface area contributed by atoms with E-state index < -0.39 is 28.7 Å². The summed E-state index contributed by atoms with van der Waals surface area (Å²) in [6.45, 7) is 19.3. The fourth-order valence-corrected chi connectivity index (χ4v) is 10.7. The van der Waals surface area contributed by atoms with Gasteiger partial charge < -0.3 is 19.8 Å². The van der Waals surface area contributed by atoms with Crippen LogP contribution >= 0.6 is 27.7 Å². The Hall–Kier alpha value is -1.32. The van der Waals surface area contributed by atoms with Crippen molar-refractivity contribution in [1.82, 2.24) is 14.7 Å². The number of rotatable bonds is 15. The summed E-state index contributed by atoms with van der Waals surface area (Å²) in [7, 11) is 0. The highest BCUT2D eigenvalue weighted by atomic mass is 79.9. The van der Waals surface area contributed by atoms with E-state index in [-0.39, 0.29) is 46.4 Å². The van der Waals surface area contributed by atoms with Gasteiger partial charge in [-0.3, -0.25) is 14.4 Å². The summed E-state index contributed by atoms with van der Waals surface area (Å²) < 4.78 is -0.727. The van der Waals surface area contributed by atoms with Crippen LogP contribution in [0, 0.1) is 17.8 Å². The molecule has 8 atom stereocenters. The molecular formula is C30H48BrN3O4S. The molecule has 0 aromatic heterocycles. The minimum absolute atomic E-state index is 0.0148. The summed E-state index contributed by atoms with van der Waals surface area (Å²) >= 11 is 5.52. The standard InChI is InChI=1S/C30H48BrN3O4S/c1-8-12-20(7)33(15-11-4)29(38)26-30-17-22(31)25(39-30)23(27(36)32(13-9-2)14-10-3)24(30)28(37)34(26)21(18-35)16-19(5)6/h9,11,19-26,35H,2,4,8,10,12-18H2,1,3,5-7H3/t20?,21-,22?,23-,24+,25-,26?,30?/m1/s1. The SMILES string of the molecule is C=CCN(CCC)C(=O)[C@H]1[C@@H]2SC3(CC2Br)C(C(=O)N(CC=C)C(C)CCC)N([C@@H](CO)CC(C)C)C(=O)[C@H]13. The number of aliphatic hydroxyl groups excluding tert-OH is 1. The van der Waals surface area contributed by atoms with Gasteiger partial charge in [0.25, 0.3) is 0 Å². The molecule has 3 heterocycles. The third kappa shape index (κ3) is 5.87. The molecule has 0 aromatic rings. The Morgan fingerprint density at radius 2 is 1.85 bits per heavy atom. The Labute approximate surface area is 247 Å². The number of hydrogen-bond donors (Lipinski definition) is 1. The van der Waals surface area contributed by atoms with Crippen LogP contribution < -0.4 is 0 Å². The van der Waals surface area contributed by atoms with Gasteiger partial charge in [0.05, 0.1) is 29.2 Å². The van der Waals surface area contributed by atoms with Crippen molar-refractivity contribution >= 4 is 45.4 Å². The van der Waals surface area contributed by atoms with Crippen LogP contribution in [0.2, 0.25) is 0 Å². The smallest absolute Gasteiger partial charge is 0.247 e. The number of aliphatic hydroxyl groups is 1. The van der Waals surface area contributed by atoms with Gasteiger partial charge in [0.2, 0.25) is 17.7 Å². The summed E-state index contributed by atoms with van der Waals surface area (Å²) in [4.78, 5) is 48.6. The molecule has 3 aliphatic rings. The van der Waals surface area contributed by atoms with Gasteiger partial charge in [0.15, 0.2) is 0 Å². The van der Waals surface area contributed by atoms with Crippen LogP contribution in [-0.2, 0) is 14.4 Å². The van der Waals surface area contributed by atoms with Crippen molar-refractivity contribution in [3.8, 4) is 0 Å². The quantitative estimate of drug-likeness (QED) is 0.214. The second-order valence-electron chi connectivity index (χ2n) is 11.9. The molecular weight excluding hydrogens is 578 g/mol. The van der Waals surface area contributed by atoms with Gasteiger partial charge in [-0.15, -0.1) is 24.9 Å². The number of carbonyl (C=O) groups excluding carboxylic acids is 3. The lowest BCUT2D eigenvalue weighted by Crippen LogP contribution is -2.59. The molecule has 9 heteroatoms. The van der Waals surface area contributed by atoms with Crippen molar-refractivity contribution in [3.63, 3.8) is 0 Å². The number of fused-ring (bicyclic) bond motifs is 1. The van der Waals surface area contributed by atoms with Gasteiger partial charge in [-0.1, -0.05) is 62.2 Å². The first-order valence-electron chi connectivity index (χ1n) is 14.6. The topological polar surface area (TPSA) is 81.2 Å². The molecule has 220 valence electrons. The summed E-state index contributed by atoms with van der Waals surface area (Å²) in [5, 5.41) is 10.4. The van der Waals surface area contributed by atoms with E-state index in [4.69, 9.17) is 0 Å². The van der Waals surface area contributed by atoms with Crippen molar-refractivity contribution in [3.05, 3.63) is 25.3 Å². The van der Waals surface area contributed by atoms with Crippen LogP contribution in [-0.4, -0.2) is 96.7 Å². The lowest BCUT2D eigenvalue weighted by atomic mass is 9.70. The zero-order chi connectivity index (χ0) is 29.1. The van der Waals surface area contributed by atoms with E-state index in [1.807, 2.05) is 16.7 Å². The second-order valence-corrected chi connectivity index (χ2v) is 14.6. The lowest BCUT2D eigenvalue weighted by Gasteiger charge is -2.41. The van der Waals surface area contributed by atoms with Crippen LogP contribution in [0.4, 0.5) is 0 Å². The highest BCUT2D eigenvalue weighted by molar-refractivity contribution is 9.09. The molecule has 3 rings (SSSR count). The third-order valence-electron chi connectivity index (χ3n) is 8.60. The molecule has 1 spiro atoms. The molecule has 0 radical (unpaired) electrons. The molecule has 39 heavy (non-hydrogen) atoms. The molecule has 2 bridgehead atoms. The first kappa shape index (κ1) is 32.2. The summed E-state index contributed by atoms with van der Waals surface area (Å²) in [6, 6.07) is -1.24. The van der Waals surface area contributed by atoms with Gasteiger partial charge >= 0.3 is 0 Å². The predicted octanol–water partition coefficient (Wildman–Crippen LogP) is 4.49. The maximum atomic E-state index is 14.6. The first-order chi connectivity index (χ1) is 18.5. The molecule has 3 saturated heterocycles. The fourth-order valence-electron chi connectivity index (χ4n) is 7.13. The van der Waals surface area contributed by atoms with Gasteiger partial charge in [0.1, 0.15) is 6.04 Å². The molecule has 4 unspecified atom stereocenters. The Morgan fingerprint density at radius 3 is 2.38 bits per heavy atom. The molecule has 1 N–H and O–H groups in total. The minimum atomic E-state index is -0.739. The van der Waals surface area contributed by atoms with Crippen LogP contribution in [0.1, 0.15) is 66.7 Å². The molecule has 7 nitrogen and oxygen atoms in total. The number of alkyl halides is 1. The van der Waals surface area contributed by atoms with Crippen LogP contribution in [0.15, 0.2) is 25.3 Å². The maximum Gasteiger partial charge on any atom is 0.247 e. The molecule has 3 amide bonds. The minimum Gasteiger partial charge on any atom is -0.394 e. The zero-order valence-corrected chi connectivity index (χ0v) is 26.8. The average molecular weight is 627 g/mol. The van der Waals surface area contributed by atoms with Crippen LogP contribution in [0.25, 0.3) is 0 Å². The van der Waals surface area contributed by atoms with E-state index in [9.17, 15) is 19.5 Å². The summed E-state index contributed by atoms with van der Waals surface area (Å²) in [6.07, 6.45) is 7.29. The van der Waals surface area contributed by atoms with E-state index in [1.54, 1.807) is 28.8 Å². The van der Waals surface area contributed by atoms with Crippen LogP contribution in [0.5, 0.6) is 0 Å². The molecule has 0 saturated carbocycles. The van der Waals surface area contributed by atoms with Gasteiger partial charge in [-0.25, -0.2) is 0 Å². The van der Waals surface area contributed by atoms with Crippen molar-refractivity contribution in [2.24, 2.45) is 17.8 Å². The Kier molecular flexibility index (Phi) is 11.2. The van der Waals surface area contributed by atoms with E-state index in [1.165, 1.54) is 0 Å². The van der Waals surface area contributed by atoms with Crippen molar-refractivity contribution in [2.45, 2.75) is 99.7 Å². The van der Waals surface area contributed by atoms with Gasteiger partial charge in [-0.05, 0) is 38.5 Å². The fraction of sp³-hybridized carbons (Fsp3) is 0.767. The van der Waals surface area contributed by atoms with Crippen molar-refractivity contribution in [1.29, 1.82) is 0 Å². The predicted molar refractivity (Wildman–Crippen MR) is 163 cm³/mol. The first-order valence-corrected chi connectivity index (χ1v) is 16.4.